The number of hydrogen-bond acceptors (Lipinski definition) is 4. The first-order chi connectivity index (χ1) is 12.5. The highest BCUT2D eigenvalue weighted by Crippen LogP contribution is 2.36. The molecule has 136 valence electrons. The number of rotatable bonds is 3. The molecule has 0 N–H and O–H groups in total. The van der Waals surface area contributed by atoms with Crippen molar-refractivity contribution in [2.24, 2.45) is 0 Å². The van der Waals surface area contributed by atoms with Crippen molar-refractivity contribution in [3.05, 3.63) is 60.2 Å². The molecule has 6 heteroatoms. The molecule has 26 heavy (non-hydrogen) atoms. The van der Waals surface area contributed by atoms with Crippen molar-refractivity contribution < 1.29 is 13.9 Å². The lowest BCUT2D eigenvalue weighted by atomic mass is 9.85. The van der Waals surface area contributed by atoms with Gasteiger partial charge in [-0.1, -0.05) is 0 Å². The number of piperidine rings is 1. The van der Waals surface area contributed by atoms with E-state index in [2.05, 4.69) is 16.8 Å². The second-order valence-corrected chi connectivity index (χ2v) is 7.20. The summed E-state index contributed by atoms with van der Waals surface area (Å²) in [5.74, 6) is -0.384. The van der Waals surface area contributed by atoms with Gasteiger partial charge in [-0.3, -0.25) is 14.7 Å². The number of morpholine rings is 1. The minimum absolute atomic E-state index is 0.0642. The third kappa shape index (κ3) is 3.22. The number of pyridine rings is 1. The summed E-state index contributed by atoms with van der Waals surface area (Å²) in [4.78, 5) is 20.8. The maximum absolute atomic E-state index is 13.3. The van der Waals surface area contributed by atoms with Gasteiger partial charge in [0.05, 0.1) is 11.6 Å². The normalized spacial score (nSPS) is 26.6. The number of nitrogens with zero attached hydrogens (tertiary/aromatic N) is 3. The fourth-order valence-electron chi connectivity index (χ4n) is 3.88. The first-order valence-corrected chi connectivity index (χ1v) is 8.88. The van der Waals surface area contributed by atoms with E-state index in [4.69, 9.17) is 4.74 Å². The van der Waals surface area contributed by atoms with E-state index in [1.807, 2.05) is 12.1 Å². The lowest BCUT2D eigenvalue weighted by Gasteiger charge is -2.52. The molecule has 4 rings (SSSR count). The van der Waals surface area contributed by atoms with Crippen LogP contribution >= 0.6 is 0 Å². The molecule has 2 atom stereocenters. The molecule has 2 aliphatic heterocycles. The summed E-state index contributed by atoms with van der Waals surface area (Å²) >= 11 is 0. The number of carbonyl (C=O) groups excluding carboxylic acids is 1. The van der Waals surface area contributed by atoms with Crippen molar-refractivity contribution in [1.82, 2.24) is 9.88 Å². The molecule has 0 aliphatic carbocycles. The summed E-state index contributed by atoms with van der Waals surface area (Å²) in [5.41, 5.74) is 1.53. The zero-order valence-corrected chi connectivity index (χ0v) is 14.8. The van der Waals surface area contributed by atoms with Gasteiger partial charge < -0.3 is 9.64 Å². The SMILES string of the molecule is C[C@@]12CCN(Cc3ccncc3)C[C@H]1N(c1ccc(F)cc1)C(=O)CO2. The molecule has 1 aromatic carbocycles. The summed E-state index contributed by atoms with van der Waals surface area (Å²) in [5, 5.41) is 0. The first kappa shape index (κ1) is 17.1. The number of aromatic nitrogens is 1. The Hall–Kier alpha value is -2.31. The van der Waals surface area contributed by atoms with E-state index in [-0.39, 0.29) is 24.4 Å². The van der Waals surface area contributed by atoms with E-state index >= 15 is 0 Å². The van der Waals surface area contributed by atoms with Crippen LogP contribution in [0, 0.1) is 5.82 Å². The zero-order valence-electron chi connectivity index (χ0n) is 14.8. The van der Waals surface area contributed by atoms with Gasteiger partial charge >= 0.3 is 0 Å². The van der Waals surface area contributed by atoms with Crippen LogP contribution in [0.5, 0.6) is 0 Å². The zero-order chi connectivity index (χ0) is 18.1. The van der Waals surface area contributed by atoms with E-state index in [1.54, 1.807) is 29.4 Å². The van der Waals surface area contributed by atoms with Gasteiger partial charge in [0.25, 0.3) is 5.91 Å². The van der Waals surface area contributed by atoms with Gasteiger partial charge in [-0.2, -0.15) is 0 Å². The van der Waals surface area contributed by atoms with Crippen molar-refractivity contribution in [1.29, 1.82) is 0 Å². The third-order valence-corrected chi connectivity index (χ3v) is 5.43. The first-order valence-electron chi connectivity index (χ1n) is 8.88. The van der Waals surface area contributed by atoms with Crippen LogP contribution in [0.2, 0.25) is 0 Å². The van der Waals surface area contributed by atoms with E-state index in [1.165, 1.54) is 17.7 Å². The van der Waals surface area contributed by atoms with Crippen LogP contribution in [-0.2, 0) is 16.1 Å². The number of fused-ring (bicyclic) bond motifs is 1. The Kier molecular flexibility index (Phi) is 4.46. The van der Waals surface area contributed by atoms with Crippen LogP contribution in [0.1, 0.15) is 18.9 Å². The van der Waals surface area contributed by atoms with E-state index in [0.29, 0.717) is 6.54 Å². The Morgan fingerprint density at radius 3 is 2.69 bits per heavy atom. The Labute approximate surface area is 152 Å². The molecule has 0 radical (unpaired) electrons. The Balaban J connectivity index is 1.60. The van der Waals surface area contributed by atoms with Crippen LogP contribution in [-0.4, -0.2) is 47.1 Å². The second-order valence-electron chi connectivity index (χ2n) is 7.20. The minimum Gasteiger partial charge on any atom is -0.363 e. The average molecular weight is 355 g/mol. The maximum Gasteiger partial charge on any atom is 0.253 e. The van der Waals surface area contributed by atoms with Crippen LogP contribution < -0.4 is 4.90 Å². The number of ether oxygens (including phenoxy) is 1. The summed E-state index contributed by atoms with van der Waals surface area (Å²) in [7, 11) is 0. The molecular weight excluding hydrogens is 333 g/mol. The smallest absolute Gasteiger partial charge is 0.253 e. The predicted molar refractivity (Wildman–Crippen MR) is 96.2 cm³/mol. The standard InChI is InChI=1S/C20H22FN3O2/c1-20-8-11-23(12-15-6-9-22-10-7-15)13-18(20)24(19(25)14-26-20)17-4-2-16(21)3-5-17/h2-7,9-10,18H,8,11-14H2,1H3/t18-,20-/m1/s1. The van der Waals surface area contributed by atoms with Crippen LogP contribution in [0.4, 0.5) is 10.1 Å². The second kappa shape index (κ2) is 6.78. The Morgan fingerprint density at radius 1 is 1.23 bits per heavy atom. The predicted octanol–water partition coefficient (Wildman–Crippen LogP) is 2.62. The van der Waals surface area contributed by atoms with Gasteiger partial charge in [-0.05, 0) is 55.3 Å². The van der Waals surface area contributed by atoms with Gasteiger partial charge in [0.1, 0.15) is 12.4 Å². The van der Waals surface area contributed by atoms with Gasteiger partial charge in [0, 0.05) is 37.7 Å². The largest absolute Gasteiger partial charge is 0.363 e. The summed E-state index contributed by atoms with van der Waals surface area (Å²) in [6.07, 6.45) is 4.43. The summed E-state index contributed by atoms with van der Waals surface area (Å²) in [6.45, 7) is 4.56. The fourth-order valence-corrected chi connectivity index (χ4v) is 3.88. The molecule has 2 fully saturated rings. The van der Waals surface area contributed by atoms with E-state index < -0.39 is 5.60 Å². The highest BCUT2D eigenvalue weighted by Gasteiger charge is 2.49. The summed E-state index contributed by atoms with van der Waals surface area (Å²) < 4.78 is 19.3. The number of amides is 1. The molecule has 5 nitrogen and oxygen atoms in total. The molecule has 2 aromatic rings. The number of benzene rings is 1. The van der Waals surface area contributed by atoms with Crippen molar-refractivity contribution in [3.8, 4) is 0 Å². The monoisotopic (exact) mass is 355 g/mol. The highest BCUT2D eigenvalue weighted by molar-refractivity contribution is 5.96. The average Bonchev–Trinajstić information content (AvgIpc) is 2.65. The molecule has 3 heterocycles. The molecule has 1 aromatic heterocycles. The van der Waals surface area contributed by atoms with Crippen LogP contribution in [0.15, 0.2) is 48.8 Å². The Bertz CT molecular complexity index is 783. The molecule has 0 saturated carbocycles. The third-order valence-electron chi connectivity index (χ3n) is 5.43. The molecule has 1 amide bonds. The van der Waals surface area contributed by atoms with Crippen molar-refractivity contribution in [3.63, 3.8) is 0 Å². The van der Waals surface area contributed by atoms with E-state index in [0.717, 1.165) is 25.2 Å². The fraction of sp³-hybridized carbons (Fsp3) is 0.400. The minimum atomic E-state index is -0.392. The number of likely N-dealkylation sites (tertiary alicyclic amines) is 1. The molecule has 0 spiro atoms. The van der Waals surface area contributed by atoms with Gasteiger partial charge in [0.15, 0.2) is 0 Å². The van der Waals surface area contributed by atoms with Gasteiger partial charge in [-0.15, -0.1) is 0 Å². The van der Waals surface area contributed by atoms with Crippen molar-refractivity contribution in [2.75, 3.05) is 24.6 Å². The molecule has 0 bridgehead atoms. The Morgan fingerprint density at radius 2 is 1.96 bits per heavy atom. The number of halogens is 1. The molecule has 2 aliphatic rings. The molecule has 0 unspecified atom stereocenters. The van der Waals surface area contributed by atoms with Crippen molar-refractivity contribution in [2.45, 2.75) is 31.5 Å². The topological polar surface area (TPSA) is 45.7 Å². The number of anilines is 1. The van der Waals surface area contributed by atoms with Gasteiger partial charge in [-0.25, -0.2) is 4.39 Å². The lowest BCUT2D eigenvalue weighted by molar-refractivity contribution is -0.150. The maximum atomic E-state index is 13.3. The van der Waals surface area contributed by atoms with Crippen LogP contribution in [0.25, 0.3) is 0 Å². The van der Waals surface area contributed by atoms with Crippen LogP contribution in [0.3, 0.4) is 0 Å². The van der Waals surface area contributed by atoms with E-state index in [9.17, 15) is 9.18 Å². The summed E-state index contributed by atoms with van der Waals surface area (Å²) in [6, 6.07) is 10.0. The van der Waals surface area contributed by atoms with Crippen molar-refractivity contribution >= 4 is 11.6 Å². The number of hydrogen-bond donors (Lipinski definition) is 0. The lowest BCUT2D eigenvalue weighted by Crippen LogP contribution is -2.67. The highest BCUT2D eigenvalue weighted by atomic mass is 19.1. The quantitative estimate of drug-likeness (QED) is 0.849. The number of carbonyl (C=O) groups is 1. The van der Waals surface area contributed by atoms with Gasteiger partial charge in [0.2, 0.25) is 0 Å². The molecular formula is C20H22FN3O2. The molecule has 2 saturated heterocycles.